The van der Waals surface area contributed by atoms with Crippen molar-refractivity contribution in [3.8, 4) is 5.75 Å². The van der Waals surface area contributed by atoms with E-state index in [1.54, 1.807) is 0 Å². The third-order valence-corrected chi connectivity index (χ3v) is 5.25. The second-order valence-corrected chi connectivity index (χ2v) is 6.91. The molecule has 128 valence electrons. The summed E-state index contributed by atoms with van der Waals surface area (Å²) in [6.07, 6.45) is 0.849. The molecule has 2 aromatic carbocycles. The Morgan fingerprint density at radius 2 is 1.67 bits per heavy atom. The Morgan fingerprint density at radius 1 is 1.08 bits per heavy atom. The number of nitrogen functional groups attached to an aromatic ring is 1. The first kappa shape index (κ1) is 16.8. The van der Waals surface area contributed by atoms with E-state index in [-0.39, 0.29) is 23.4 Å². The molecule has 0 amide bonds. The van der Waals surface area contributed by atoms with Crippen molar-refractivity contribution in [3.63, 3.8) is 0 Å². The van der Waals surface area contributed by atoms with Crippen LogP contribution in [0.25, 0.3) is 0 Å². The maximum Gasteiger partial charge on any atom is 0.146 e. The molecule has 0 radical (unpaired) electrons. The van der Waals surface area contributed by atoms with E-state index in [4.69, 9.17) is 27.9 Å². The quantitative estimate of drug-likeness (QED) is 0.498. The minimum atomic E-state index is -0.297. The lowest BCUT2D eigenvalue weighted by Crippen LogP contribution is -2.21. The van der Waals surface area contributed by atoms with Crippen molar-refractivity contribution < 1.29 is 4.84 Å². The Kier molecular flexibility index (Phi) is 4.25. The topological polar surface area (TPSA) is 113 Å². The van der Waals surface area contributed by atoms with Crippen LogP contribution in [0.4, 0.5) is 5.69 Å². The second-order valence-electron chi connectivity index (χ2n) is 6.91. The first-order chi connectivity index (χ1) is 11.4. The van der Waals surface area contributed by atoms with Crippen LogP contribution in [0.1, 0.15) is 54.8 Å². The van der Waals surface area contributed by atoms with E-state index in [1.165, 1.54) is 11.1 Å². The average Bonchev–Trinajstić information content (AvgIpc) is 3.17. The molecule has 0 heterocycles. The van der Waals surface area contributed by atoms with Crippen LogP contribution in [0.5, 0.6) is 5.75 Å². The largest absolute Gasteiger partial charge is 0.412 e. The summed E-state index contributed by atoms with van der Waals surface area (Å²) in [6, 6.07) is 13.8. The van der Waals surface area contributed by atoms with E-state index < -0.39 is 0 Å². The van der Waals surface area contributed by atoms with Crippen molar-refractivity contribution >= 4 is 5.69 Å². The standard InChI is InChI=1S/C19H26N4O/c1-3-15(20)14-10-12(6-9-16(14)21)18-17(19(18,2)22)11-4-7-13(24-23)8-5-11/h4-10,15,17-18H,3,20-23H2,1-2H3. The molecule has 24 heavy (non-hydrogen) atoms. The number of hydrogen-bond donors (Lipinski definition) is 4. The highest BCUT2D eigenvalue weighted by Crippen LogP contribution is 2.62. The predicted octanol–water partition coefficient (Wildman–Crippen LogP) is 2.53. The predicted molar refractivity (Wildman–Crippen MR) is 97.4 cm³/mol. The Balaban J connectivity index is 1.92. The molecule has 0 saturated heterocycles. The molecule has 1 aliphatic rings. The summed E-state index contributed by atoms with van der Waals surface area (Å²) in [6.45, 7) is 4.15. The summed E-state index contributed by atoms with van der Waals surface area (Å²) in [5.41, 5.74) is 22.7. The van der Waals surface area contributed by atoms with Gasteiger partial charge in [0, 0.05) is 29.1 Å². The summed E-state index contributed by atoms with van der Waals surface area (Å²) in [4.78, 5) is 4.74. The summed E-state index contributed by atoms with van der Waals surface area (Å²) < 4.78 is 0. The normalized spacial score (nSPS) is 26.9. The van der Waals surface area contributed by atoms with Crippen LogP contribution < -0.4 is 27.9 Å². The fourth-order valence-electron chi connectivity index (χ4n) is 3.72. The molecule has 0 aromatic heterocycles. The zero-order valence-electron chi connectivity index (χ0n) is 14.2. The lowest BCUT2D eigenvalue weighted by Gasteiger charge is -2.14. The van der Waals surface area contributed by atoms with Crippen molar-refractivity contribution in [2.45, 2.75) is 43.7 Å². The van der Waals surface area contributed by atoms with Gasteiger partial charge in [-0.3, -0.25) is 0 Å². The van der Waals surface area contributed by atoms with Gasteiger partial charge in [-0.2, -0.15) is 5.90 Å². The molecule has 3 rings (SSSR count). The highest BCUT2D eigenvalue weighted by molar-refractivity contribution is 5.55. The van der Waals surface area contributed by atoms with Gasteiger partial charge >= 0.3 is 0 Å². The Labute approximate surface area is 142 Å². The Bertz CT molecular complexity index is 727. The molecule has 1 aliphatic carbocycles. The molecule has 4 atom stereocenters. The number of benzene rings is 2. The Morgan fingerprint density at radius 3 is 2.25 bits per heavy atom. The maximum atomic E-state index is 6.57. The van der Waals surface area contributed by atoms with Gasteiger partial charge in [0.05, 0.1) is 0 Å². The van der Waals surface area contributed by atoms with Crippen LogP contribution in [-0.4, -0.2) is 5.54 Å². The molecule has 0 spiro atoms. The lowest BCUT2D eigenvalue weighted by molar-refractivity contribution is 0.334. The van der Waals surface area contributed by atoms with Crippen LogP contribution in [-0.2, 0) is 0 Å². The van der Waals surface area contributed by atoms with Gasteiger partial charge in [-0.15, -0.1) is 0 Å². The first-order valence-electron chi connectivity index (χ1n) is 8.30. The minimum Gasteiger partial charge on any atom is -0.412 e. The van der Waals surface area contributed by atoms with Gasteiger partial charge in [-0.05, 0) is 48.2 Å². The van der Waals surface area contributed by atoms with Crippen molar-refractivity contribution in [3.05, 3.63) is 59.2 Å². The van der Waals surface area contributed by atoms with Crippen LogP contribution in [0.2, 0.25) is 0 Å². The molecule has 0 bridgehead atoms. The van der Waals surface area contributed by atoms with Gasteiger partial charge in [0.1, 0.15) is 5.75 Å². The number of rotatable bonds is 5. The fourth-order valence-corrected chi connectivity index (χ4v) is 3.72. The van der Waals surface area contributed by atoms with Crippen LogP contribution >= 0.6 is 0 Å². The first-order valence-corrected chi connectivity index (χ1v) is 8.30. The van der Waals surface area contributed by atoms with E-state index >= 15 is 0 Å². The highest BCUT2D eigenvalue weighted by Gasteiger charge is 2.59. The van der Waals surface area contributed by atoms with Crippen LogP contribution in [0, 0.1) is 0 Å². The molecule has 8 N–H and O–H groups in total. The third-order valence-electron chi connectivity index (χ3n) is 5.25. The number of nitrogens with two attached hydrogens (primary N) is 4. The summed E-state index contributed by atoms with van der Waals surface area (Å²) in [7, 11) is 0. The van der Waals surface area contributed by atoms with E-state index in [1.807, 2.05) is 30.3 Å². The number of anilines is 1. The van der Waals surface area contributed by atoms with Crippen molar-refractivity contribution in [1.29, 1.82) is 0 Å². The van der Waals surface area contributed by atoms with Gasteiger partial charge in [-0.1, -0.05) is 31.2 Å². The highest BCUT2D eigenvalue weighted by atomic mass is 16.6. The average molecular weight is 326 g/mol. The van der Waals surface area contributed by atoms with Crippen molar-refractivity contribution in [2.75, 3.05) is 5.73 Å². The molecule has 5 nitrogen and oxygen atoms in total. The molecule has 1 fully saturated rings. The summed E-state index contributed by atoms with van der Waals surface area (Å²) >= 11 is 0. The summed E-state index contributed by atoms with van der Waals surface area (Å²) in [5, 5.41) is 0. The van der Waals surface area contributed by atoms with Gasteiger partial charge in [0.2, 0.25) is 0 Å². The SMILES string of the molecule is CCC(N)c1cc(C2C(c3ccc(ON)cc3)C2(C)N)ccc1N. The van der Waals surface area contributed by atoms with E-state index in [9.17, 15) is 0 Å². The van der Waals surface area contributed by atoms with Crippen molar-refractivity contribution in [2.24, 2.45) is 17.4 Å². The van der Waals surface area contributed by atoms with Gasteiger partial charge in [-0.25, -0.2) is 0 Å². The molecule has 2 aromatic rings. The van der Waals surface area contributed by atoms with E-state index in [0.717, 1.165) is 17.7 Å². The molecule has 0 aliphatic heterocycles. The Hall–Kier alpha value is -2.08. The van der Waals surface area contributed by atoms with Gasteiger partial charge < -0.3 is 22.0 Å². The molecule has 4 unspecified atom stereocenters. The molecule has 5 heteroatoms. The van der Waals surface area contributed by atoms with Crippen LogP contribution in [0.15, 0.2) is 42.5 Å². The molecular weight excluding hydrogens is 300 g/mol. The minimum absolute atomic E-state index is 0.0489. The smallest absolute Gasteiger partial charge is 0.146 e. The van der Waals surface area contributed by atoms with Crippen molar-refractivity contribution in [1.82, 2.24) is 0 Å². The van der Waals surface area contributed by atoms with Gasteiger partial charge in [0.15, 0.2) is 0 Å². The zero-order chi connectivity index (χ0) is 17.5. The summed E-state index contributed by atoms with van der Waals surface area (Å²) in [5.74, 6) is 6.31. The van der Waals surface area contributed by atoms with Crippen LogP contribution in [0.3, 0.4) is 0 Å². The molecule has 1 saturated carbocycles. The fraction of sp³-hybridized carbons (Fsp3) is 0.368. The van der Waals surface area contributed by atoms with E-state index in [0.29, 0.717) is 5.75 Å². The second kappa shape index (κ2) is 6.09. The monoisotopic (exact) mass is 326 g/mol. The third kappa shape index (κ3) is 2.75. The van der Waals surface area contributed by atoms with E-state index in [2.05, 4.69) is 26.0 Å². The maximum absolute atomic E-state index is 6.57. The zero-order valence-corrected chi connectivity index (χ0v) is 14.2. The van der Waals surface area contributed by atoms with Gasteiger partial charge in [0.25, 0.3) is 0 Å². The number of hydrogen-bond acceptors (Lipinski definition) is 5. The lowest BCUT2D eigenvalue weighted by atomic mass is 9.97. The molecular formula is C19H26N4O.